The maximum absolute atomic E-state index is 13.2. The molecule has 2 N–H and O–H groups in total. The van der Waals surface area contributed by atoms with E-state index >= 15 is 0 Å². The Bertz CT molecular complexity index is 1390. The van der Waals surface area contributed by atoms with Gasteiger partial charge in [-0.05, 0) is 35.7 Å². The first-order valence-corrected chi connectivity index (χ1v) is 12.5. The minimum absolute atomic E-state index is 0.0486. The molecule has 1 aromatic heterocycles. The molecule has 0 aliphatic rings. The summed E-state index contributed by atoms with van der Waals surface area (Å²) in [6.45, 7) is 1.92. The zero-order chi connectivity index (χ0) is 23.4. The molecule has 0 unspecified atom stereocenters. The lowest BCUT2D eigenvalue weighted by Gasteiger charge is -2.20. The van der Waals surface area contributed by atoms with Gasteiger partial charge in [-0.1, -0.05) is 89.7 Å². The van der Waals surface area contributed by atoms with Gasteiger partial charge in [-0.3, -0.25) is 10.1 Å². The molecule has 7 nitrogen and oxygen atoms in total. The van der Waals surface area contributed by atoms with Crippen molar-refractivity contribution < 1.29 is 13.2 Å². The van der Waals surface area contributed by atoms with Crippen molar-refractivity contribution in [1.29, 1.82) is 0 Å². The number of aromatic nitrogens is 2. The van der Waals surface area contributed by atoms with Gasteiger partial charge < -0.3 is 0 Å². The Balaban J connectivity index is 1.60. The van der Waals surface area contributed by atoms with Crippen molar-refractivity contribution in [2.75, 3.05) is 5.32 Å². The number of hydrogen-bond acceptors (Lipinski definition) is 6. The molecule has 0 aliphatic heterocycles. The Morgan fingerprint density at radius 2 is 1.61 bits per heavy atom. The third-order valence-corrected chi connectivity index (χ3v) is 7.84. The molecular weight excluding hydrogens is 480 g/mol. The van der Waals surface area contributed by atoms with E-state index in [4.69, 9.17) is 11.6 Å². The van der Waals surface area contributed by atoms with Crippen molar-refractivity contribution >= 4 is 44.0 Å². The first-order valence-electron chi connectivity index (χ1n) is 9.87. The molecule has 0 aliphatic carbocycles. The summed E-state index contributed by atoms with van der Waals surface area (Å²) in [6.07, 6.45) is 0. The fraction of sp³-hybridized carbons (Fsp3) is 0.0870. The van der Waals surface area contributed by atoms with Crippen LogP contribution in [-0.4, -0.2) is 24.5 Å². The van der Waals surface area contributed by atoms with Crippen LogP contribution in [0.1, 0.15) is 33.1 Å². The van der Waals surface area contributed by atoms with Crippen LogP contribution in [0.4, 0.5) is 5.13 Å². The second-order valence-corrected chi connectivity index (χ2v) is 10.4. The molecule has 168 valence electrons. The van der Waals surface area contributed by atoms with Crippen molar-refractivity contribution in [2.45, 2.75) is 17.3 Å². The van der Waals surface area contributed by atoms with Crippen molar-refractivity contribution in [3.05, 3.63) is 106 Å². The number of carbonyl (C=O) groups excluding carboxylic acids is 1. The maximum atomic E-state index is 13.2. The van der Waals surface area contributed by atoms with Crippen LogP contribution in [0.5, 0.6) is 0 Å². The van der Waals surface area contributed by atoms with E-state index in [0.717, 1.165) is 28.0 Å². The molecule has 10 heteroatoms. The molecule has 4 rings (SSSR count). The molecule has 33 heavy (non-hydrogen) atoms. The van der Waals surface area contributed by atoms with Gasteiger partial charge in [0.25, 0.3) is 15.9 Å². The highest BCUT2D eigenvalue weighted by Gasteiger charge is 2.27. The second kappa shape index (κ2) is 9.80. The highest BCUT2D eigenvalue weighted by molar-refractivity contribution is 7.91. The van der Waals surface area contributed by atoms with Gasteiger partial charge in [0.15, 0.2) is 0 Å². The first-order chi connectivity index (χ1) is 15.8. The Morgan fingerprint density at radius 3 is 2.33 bits per heavy atom. The molecule has 0 spiro atoms. The SMILES string of the molecule is Cc1ccccc1[C@H](NS(=O)(=O)c1nnc(NC(=O)c2ccccc2Cl)s1)c1ccccc1. The lowest BCUT2D eigenvalue weighted by atomic mass is 9.96. The van der Waals surface area contributed by atoms with Crippen molar-refractivity contribution in [3.8, 4) is 0 Å². The molecule has 0 fully saturated rings. The normalized spacial score (nSPS) is 12.3. The Morgan fingerprint density at radius 1 is 0.939 bits per heavy atom. The minimum atomic E-state index is -4.04. The van der Waals surface area contributed by atoms with Crippen molar-refractivity contribution in [1.82, 2.24) is 14.9 Å². The smallest absolute Gasteiger partial charge is 0.270 e. The zero-order valence-electron chi connectivity index (χ0n) is 17.4. The molecule has 1 atom stereocenters. The lowest BCUT2D eigenvalue weighted by Crippen LogP contribution is -2.30. The zero-order valence-corrected chi connectivity index (χ0v) is 19.8. The largest absolute Gasteiger partial charge is 0.296 e. The molecule has 1 heterocycles. The van der Waals surface area contributed by atoms with Gasteiger partial charge in [-0.25, -0.2) is 8.42 Å². The molecule has 0 bridgehead atoms. The van der Waals surface area contributed by atoms with Gasteiger partial charge >= 0.3 is 0 Å². The van der Waals surface area contributed by atoms with Gasteiger partial charge in [0.1, 0.15) is 0 Å². The fourth-order valence-corrected chi connectivity index (χ4v) is 5.59. The first kappa shape index (κ1) is 23.1. The predicted molar refractivity (Wildman–Crippen MR) is 129 cm³/mol. The lowest BCUT2D eigenvalue weighted by molar-refractivity contribution is 0.102. The number of hydrogen-bond donors (Lipinski definition) is 2. The van der Waals surface area contributed by atoms with Crippen LogP contribution in [-0.2, 0) is 10.0 Å². The van der Waals surface area contributed by atoms with E-state index in [2.05, 4.69) is 20.2 Å². The quantitative estimate of drug-likeness (QED) is 0.356. The Hall–Kier alpha value is -3.11. The van der Waals surface area contributed by atoms with Crippen molar-refractivity contribution in [3.63, 3.8) is 0 Å². The van der Waals surface area contributed by atoms with Crippen molar-refractivity contribution in [2.24, 2.45) is 0 Å². The second-order valence-electron chi connectivity index (χ2n) is 7.13. The molecule has 0 saturated heterocycles. The third kappa shape index (κ3) is 5.28. The average molecular weight is 499 g/mol. The van der Waals surface area contributed by atoms with Gasteiger partial charge in [-0.2, -0.15) is 4.72 Å². The number of amides is 1. The summed E-state index contributed by atoms with van der Waals surface area (Å²) in [7, 11) is -4.04. The Kier molecular flexibility index (Phi) is 6.85. The number of sulfonamides is 1. The van der Waals surface area contributed by atoms with Gasteiger partial charge in [0, 0.05) is 0 Å². The molecule has 0 saturated carbocycles. The minimum Gasteiger partial charge on any atom is -0.296 e. The summed E-state index contributed by atoms with van der Waals surface area (Å²) in [5, 5.41) is 10.5. The topological polar surface area (TPSA) is 101 Å². The van der Waals surface area contributed by atoms with E-state index in [-0.39, 0.29) is 20.1 Å². The summed E-state index contributed by atoms with van der Waals surface area (Å²) in [6, 6.07) is 22.7. The molecule has 4 aromatic rings. The van der Waals surface area contributed by atoms with Gasteiger partial charge in [0.05, 0.1) is 16.6 Å². The molecular formula is C23H19ClN4O3S2. The van der Waals surface area contributed by atoms with Crippen LogP contribution in [0.2, 0.25) is 5.02 Å². The van der Waals surface area contributed by atoms with E-state index in [1.54, 1.807) is 24.3 Å². The number of benzene rings is 3. The number of rotatable bonds is 7. The van der Waals surface area contributed by atoms with Crippen LogP contribution >= 0.6 is 22.9 Å². The third-order valence-electron chi connectivity index (χ3n) is 4.88. The number of nitrogens with zero attached hydrogens (tertiary/aromatic N) is 2. The number of halogens is 1. The van der Waals surface area contributed by atoms with E-state index < -0.39 is 22.0 Å². The summed E-state index contributed by atoms with van der Waals surface area (Å²) < 4.78 is 28.9. The highest BCUT2D eigenvalue weighted by Crippen LogP contribution is 2.29. The molecule has 3 aromatic carbocycles. The molecule has 1 amide bonds. The summed E-state index contributed by atoms with van der Waals surface area (Å²) >= 11 is 6.81. The van der Waals surface area contributed by atoms with Crippen LogP contribution in [0.25, 0.3) is 0 Å². The van der Waals surface area contributed by atoms with Crippen LogP contribution in [0.3, 0.4) is 0 Å². The van der Waals surface area contributed by atoms with Gasteiger partial charge in [0.2, 0.25) is 9.47 Å². The summed E-state index contributed by atoms with van der Waals surface area (Å²) in [5.74, 6) is -0.504. The summed E-state index contributed by atoms with van der Waals surface area (Å²) in [4.78, 5) is 12.5. The number of nitrogens with one attached hydrogen (secondary N) is 2. The van der Waals surface area contributed by atoms with Crippen LogP contribution < -0.4 is 10.0 Å². The van der Waals surface area contributed by atoms with E-state index in [9.17, 15) is 13.2 Å². The van der Waals surface area contributed by atoms with Crippen LogP contribution in [0, 0.1) is 6.92 Å². The number of carbonyl (C=O) groups is 1. The Labute approximate surface area is 200 Å². The highest BCUT2D eigenvalue weighted by atomic mass is 35.5. The number of anilines is 1. The van der Waals surface area contributed by atoms with Crippen LogP contribution in [0.15, 0.2) is 83.2 Å². The number of aryl methyl sites for hydroxylation is 1. The predicted octanol–water partition coefficient (Wildman–Crippen LogP) is 4.82. The van der Waals surface area contributed by atoms with Gasteiger partial charge in [-0.15, -0.1) is 10.2 Å². The van der Waals surface area contributed by atoms with E-state index in [0.29, 0.717) is 0 Å². The van der Waals surface area contributed by atoms with E-state index in [1.807, 2.05) is 61.5 Å². The van der Waals surface area contributed by atoms with E-state index in [1.165, 1.54) is 0 Å². The molecule has 0 radical (unpaired) electrons. The average Bonchev–Trinajstić information content (AvgIpc) is 3.28. The maximum Gasteiger partial charge on any atom is 0.270 e. The summed E-state index contributed by atoms with van der Waals surface area (Å²) in [5.41, 5.74) is 2.80. The fourth-order valence-electron chi connectivity index (χ4n) is 3.25. The monoisotopic (exact) mass is 498 g/mol. The standard InChI is InChI=1S/C23H19ClN4O3S2/c1-15-9-5-6-12-17(15)20(16-10-3-2-4-11-16)28-33(30,31)23-27-26-22(32-23)25-21(29)18-13-7-8-14-19(18)24/h2-14,20,28H,1H3,(H,25,26,29)/t20-/m1/s1.